The van der Waals surface area contributed by atoms with Gasteiger partial charge in [-0.15, -0.1) is 0 Å². The van der Waals surface area contributed by atoms with Gasteiger partial charge in [-0.1, -0.05) is 6.92 Å². The van der Waals surface area contributed by atoms with E-state index in [1.165, 1.54) is 18.2 Å². The third-order valence-electron chi connectivity index (χ3n) is 4.47. The van der Waals surface area contributed by atoms with Crippen LogP contribution < -0.4 is 16.0 Å². The number of nitrogens with zero attached hydrogens (tertiary/aromatic N) is 1. The molecule has 1 fully saturated rings. The van der Waals surface area contributed by atoms with Crippen LogP contribution in [0.1, 0.15) is 26.2 Å². The van der Waals surface area contributed by atoms with E-state index in [4.69, 9.17) is 0 Å². The van der Waals surface area contributed by atoms with Crippen LogP contribution in [0.15, 0.2) is 32.7 Å². The standard InChI is InChI=1S/C16H22N4O4S/c1-2-7-20-8-5-11(6-9-20)19-25(23,24)12-3-4-14-13(10-12)15(21)18-16(22)17-14/h3-4,10-11,19H,2,5-9H2,1H3,(H2,17,18,21,22). The Bertz CT molecular complexity index is 972. The number of nitrogens with one attached hydrogen (secondary N) is 3. The van der Waals surface area contributed by atoms with Gasteiger partial charge in [-0.3, -0.25) is 9.78 Å². The molecule has 1 aliphatic heterocycles. The third kappa shape index (κ3) is 4.00. The number of fused-ring (bicyclic) bond motifs is 1. The molecule has 1 aromatic carbocycles. The quantitative estimate of drug-likeness (QED) is 0.707. The van der Waals surface area contributed by atoms with E-state index in [-0.39, 0.29) is 16.3 Å². The normalized spacial score (nSPS) is 17.2. The van der Waals surface area contributed by atoms with E-state index >= 15 is 0 Å². The van der Waals surface area contributed by atoms with Crippen LogP contribution in [0.3, 0.4) is 0 Å². The van der Waals surface area contributed by atoms with E-state index in [1.807, 2.05) is 0 Å². The van der Waals surface area contributed by atoms with Crippen LogP contribution in [0.5, 0.6) is 0 Å². The molecule has 1 aliphatic rings. The van der Waals surface area contributed by atoms with Gasteiger partial charge in [0.1, 0.15) is 0 Å². The zero-order chi connectivity index (χ0) is 18.0. The second-order valence-corrected chi connectivity index (χ2v) is 8.07. The highest BCUT2D eigenvalue weighted by atomic mass is 32.2. The molecule has 1 saturated heterocycles. The van der Waals surface area contributed by atoms with Crippen molar-refractivity contribution in [3.8, 4) is 0 Å². The fourth-order valence-electron chi connectivity index (χ4n) is 3.19. The fraction of sp³-hybridized carbons (Fsp3) is 0.500. The number of likely N-dealkylation sites (tertiary alicyclic amines) is 1. The molecule has 0 unspecified atom stereocenters. The van der Waals surface area contributed by atoms with E-state index in [1.54, 1.807) is 0 Å². The Balaban J connectivity index is 1.80. The predicted octanol–water partition coefficient (Wildman–Crippen LogP) is 0.369. The highest BCUT2D eigenvalue weighted by Gasteiger charge is 2.24. The summed E-state index contributed by atoms with van der Waals surface area (Å²) in [5.41, 5.74) is -0.922. The van der Waals surface area contributed by atoms with Crippen molar-refractivity contribution in [3.63, 3.8) is 0 Å². The van der Waals surface area contributed by atoms with Crippen molar-refractivity contribution >= 4 is 20.9 Å². The number of rotatable bonds is 5. The first-order valence-corrected chi connectivity index (χ1v) is 9.88. The Morgan fingerprint density at radius 2 is 1.92 bits per heavy atom. The Kier molecular flexibility index (Phi) is 5.07. The molecule has 2 aromatic rings. The maximum atomic E-state index is 12.6. The van der Waals surface area contributed by atoms with Crippen molar-refractivity contribution in [2.24, 2.45) is 0 Å². The molecule has 0 saturated carbocycles. The molecule has 136 valence electrons. The third-order valence-corrected chi connectivity index (χ3v) is 5.99. The van der Waals surface area contributed by atoms with Crippen molar-refractivity contribution < 1.29 is 8.42 Å². The summed E-state index contributed by atoms with van der Waals surface area (Å²) in [6.45, 7) is 4.91. The van der Waals surface area contributed by atoms with Crippen LogP contribution in [0, 0.1) is 0 Å². The highest BCUT2D eigenvalue weighted by Crippen LogP contribution is 2.17. The molecule has 8 nitrogen and oxygen atoms in total. The summed E-state index contributed by atoms with van der Waals surface area (Å²) in [4.78, 5) is 30.1. The number of aromatic nitrogens is 2. The van der Waals surface area contributed by atoms with Gasteiger partial charge in [0, 0.05) is 6.04 Å². The average Bonchev–Trinajstić information content (AvgIpc) is 2.56. The second-order valence-electron chi connectivity index (χ2n) is 6.35. The summed E-state index contributed by atoms with van der Waals surface area (Å²) >= 11 is 0. The van der Waals surface area contributed by atoms with E-state index in [9.17, 15) is 18.0 Å². The summed E-state index contributed by atoms with van der Waals surface area (Å²) in [6, 6.07) is 4.01. The molecule has 0 radical (unpaired) electrons. The number of benzene rings is 1. The van der Waals surface area contributed by atoms with Crippen LogP contribution in [0.4, 0.5) is 0 Å². The summed E-state index contributed by atoms with van der Waals surface area (Å²) in [7, 11) is -3.72. The number of aromatic amines is 2. The van der Waals surface area contributed by atoms with Gasteiger partial charge in [0.05, 0.1) is 15.8 Å². The lowest BCUT2D eigenvalue weighted by atomic mass is 10.1. The minimum atomic E-state index is -3.72. The molecule has 0 spiro atoms. The lowest BCUT2D eigenvalue weighted by Crippen LogP contribution is -2.44. The van der Waals surface area contributed by atoms with Crippen molar-refractivity contribution in [2.45, 2.75) is 37.1 Å². The zero-order valence-electron chi connectivity index (χ0n) is 14.0. The van der Waals surface area contributed by atoms with Crippen molar-refractivity contribution in [1.82, 2.24) is 19.6 Å². The van der Waals surface area contributed by atoms with Crippen LogP contribution in [-0.4, -0.2) is 49.0 Å². The van der Waals surface area contributed by atoms with Gasteiger partial charge in [0.25, 0.3) is 5.56 Å². The van der Waals surface area contributed by atoms with Crippen LogP contribution >= 0.6 is 0 Å². The Morgan fingerprint density at radius 3 is 2.60 bits per heavy atom. The maximum absolute atomic E-state index is 12.6. The number of hydrogen-bond acceptors (Lipinski definition) is 5. The monoisotopic (exact) mass is 366 g/mol. The molecule has 0 aliphatic carbocycles. The first-order valence-electron chi connectivity index (χ1n) is 8.40. The van der Waals surface area contributed by atoms with Gasteiger partial charge in [-0.25, -0.2) is 17.9 Å². The molecule has 9 heteroatoms. The summed E-state index contributed by atoms with van der Waals surface area (Å²) in [5.74, 6) is 0. The van der Waals surface area contributed by atoms with Crippen LogP contribution in [-0.2, 0) is 10.0 Å². The molecule has 25 heavy (non-hydrogen) atoms. The Hall–Kier alpha value is -1.97. The van der Waals surface area contributed by atoms with Crippen molar-refractivity contribution in [3.05, 3.63) is 39.0 Å². The predicted molar refractivity (Wildman–Crippen MR) is 95.3 cm³/mol. The second kappa shape index (κ2) is 7.11. The number of sulfonamides is 1. The minimum Gasteiger partial charge on any atom is -0.307 e. The SMILES string of the molecule is CCCN1CCC(NS(=O)(=O)c2ccc3[nH]c(=O)[nH]c(=O)c3c2)CC1. The lowest BCUT2D eigenvalue weighted by molar-refractivity contribution is 0.208. The highest BCUT2D eigenvalue weighted by molar-refractivity contribution is 7.89. The lowest BCUT2D eigenvalue weighted by Gasteiger charge is -2.31. The Labute approximate surface area is 145 Å². The van der Waals surface area contributed by atoms with E-state index < -0.39 is 21.3 Å². The van der Waals surface area contributed by atoms with Crippen LogP contribution in [0.2, 0.25) is 0 Å². The van der Waals surface area contributed by atoms with Gasteiger partial charge in [0.15, 0.2) is 0 Å². The number of hydrogen-bond donors (Lipinski definition) is 3. The Morgan fingerprint density at radius 1 is 1.20 bits per heavy atom. The fourth-order valence-corrected chi connectivity index (χ4v) is 4.52. The van der Waals surface area contributed by atoms with Gasteiger partial charge in [0.2, 0.25) is 10.0 Å². The summed E-state index contributed by atoms with van der Waals surface area (Å²) in [6.07, 6.45) is 2.62. The van der Waals surface area contributed by atoms with Gasteiger partial charge in [-0.05, 0) is 57.1 Å². The van der Waals surface area contributed by atoms with Crippen molar-refractivity contribution in [1.29, 1.82) is 0 Å². The number of piperidine rings is 1. The first-order chi connectivity index (χ1) is 11.9. The van der Waals surface area contributed by atoms with Crippen molar-refractivity contribution in [2.75, 3.05) is 19.6 Å². The molecule has 3 rings (SSSR count). The molecular weight excluding hydrogens is 344 g/mol. The smallest absolute Gasteiger partial charge is 0.307 e. The molecule has 1 aromatic heterocycles. The molecule has 3 N–H and O–H groups in total. The zero-order valence-corrected chi connectivity index (χ0v) is 14.9. The molecule has 0 atom stereocenters. The summed E-state index contributed by atoms with van der Waals surface area (Å²) < 4.78 is 28.0. The molecule has 0 bridgehead atoms. The van der Waals surface area contributed by atoms with E-state index in [0.717, 1.165) is 38.9 Å². The van der Waals surface area contributed by atoms with E-state index in [2.05, 4.69) is 26.5 Å². The molecule has 2 heterocycles. The van der Waals surface area contributed by atoms with Crippen LogP contribution in [0.25, 0.3) is 10.9 Å². The average molecular weight is 366 g/mol. The van der Waals surface area contributed by atoms with Gasteiger partial charge < -0.3 is 9.88 Å². The van der Waals surface area contributed by atoms with E-state index in [0.29, 0.717) is 5.52 Å². The topological polar surface area (TPSA) is 115 Å². The van der Waals surface area contributed by atoms with Gasteiger partial charge in [-0.2, -0.15) is 0 Å². The summed E-state index contributed by atoms with van der Waals surface area (Å²) in [5, 5.41) is 0.139. The van der Waals surface area contributed by atoms with Gasteiger partial charge >= 0.3 is 5.69 Å². The number of H-pyrrole nitrogens is 2. The molecular formula is C16H22N4O4S. The maximum Gasteiger partial charge on any atom is 0.326 e. The first kappa shape index (κ1) is 17.8. The minimum absolute atomic E-state index is 0.0218. The molecule has 0 amide bonds. The largest absolute Gasteiger partial charge is 0.326 e.